The van der Waals surface area contributed by atoms with Crippen LogP contribution >= 0.6 is 0 Å². The summed E-state index contributed by atoms with van der Waals surface area (Å²) >= 11 is -2.98. The van der Waals surface area contributed by atoms with Crippen LogP contribution in [0, 0.1) is 0 Å². The van der Waals surface area contributed by atoms with Crippen molar-refractivity contribution in [3.8, 4) is 0 Å². The maximum absolute atomic E-state index is 6.87. The van der Waals surface area contributed by atoms with Crippen LogP contribution in [0.25, 0.3) is 0 Å². The third-order valence-corrected chi connectivity index (χ3v) is 29.6. The van der Waals surface area contributed by atoms with Gasteiger partial charge in [-0.25, -0.2) is 0 Å². The predicted octanol–water partition coefficient (Wildman–Crippen LogP) is 5.92. The Kier molecular flexibility index (Phi) is 17.2. The topological polar surface area (TPSA) is 9.23 Å². The zero-order chi connectivity index (χ0) is 14.3. The van der Waals surface area contributed by atoms with Gasteiger partial charge in [0.25, 0.3) is 0 Å². The first kappa shape index (κ1) is 20.6. The van der Waals surface area contributed by atoms with Crippen LogP contribution in [-0.2, 0) is 1.41 Å². The molecule has 0 aliphatic carbocycles. The molecule has 0 aromatic heterocycles. The van der Waals surface area contributed by atoms with Gasteiger partial charge in [0.1, 0.15) is 0 Å². The molecule has 0 unspecified atom stereocenters. The van der Waals surface area contributed by atoms with Crippen molar-refractivity contribution in [2.75, 3.05) is 0 Å². The fraction of sp³-hybridized carbons (Fsp3) is 1.00. The van der Waals surface area contributed by atoms with Crippen LogP contribution in [0.5, 0.6) is 0 Å². The van der Waals surface area contributed by atoms with Gasteiger partial charge in [0.05, 0.1) is 0 Å². The first-order valence-electron chi connectivity index (χ1n) is 8.79. The van der Waals surface area contributed by atoms with E-state index in [4.69, 9.17) is 1.41 Å². The Bertz CT molecular complexity index is 142. The minimum atomic E-state index is -1.56. The molecule has 0 heterocycles. The zero-order valence-corrected chi connectivity index (χ0v) is 20.1. The van der Waals surface area contributed by atoms with Gasteiger partial charge in [0.2, 0.25) is 0 Å². The number of hydrogen-bond donors (Lipinski definition) is 0. The van der Waals surface area contributed by atoms with Gasteiger partial charge in [-0.05, 0) is 0 Å². The third-order valence-electron chi connectivity index (χ3n) is 3.71. The minimum absolute atomic E-state index is 1.36. The molecule has 115 valence electrons. The molecule has 1 nitrogen and oxygen atoms in total. The Morgan fingerprint density at radius 3 is 1.47 bits per heavy atom. The maximum atomic E-state index is 6.87. The molecule has 3 heteroatoms. The van der Waals surface area contributed by atoms with Crippen molar-refractivity contribution in [1.29, 1.82) is 0 Å². The Hall–Kier alpha value is 1.56. The molecule has 1 radical (unpaired) electrons. The summed E-state index contributed by atoms with van der Waals surface area (Å²) in [7, 11) is 0. The summed E-state index contributed by atoms with van der Waals surface area (Å²) in [6, 6.07) is 0. The van der Waals surface area contributed by atoms with Gasteiger partial charge in [-0.3, -0.25) is 0 Å². The van der Waals surface area contributed by atoms with E-state index in [1.54, 1.807) is 0 Å². The molecule has 0 aromatic rings. The molecule has 0 spiro atoms. The molecule has 0 amide bonds. The predicted molar refractivity (Wildman–Crippen MR) is 92.8 cm³/mol. The fourth-order valence-electron chi connectivity index (χ4n) is 2.35. The van der Waals surface area contributed by atoms with Crippen molar-refractivity contribution in [3.05, 3.63) is 0 Å². The Morgan fingerprint density at radius 2 is 1.11 bits per heavy atom. The summed E-state index contributed by atoms with van der Waals surface area (Å²) in [6.07, 6.45) is 11.2. The van der Waals surface area contributed by atoms with Gasteiger partial charge >= 0.3 is 139 Å². The summed E-state index contributed by atoms with van der Waals surface area (Å²) < 4.78 is 13.0. The van der Waals surface area contributed by atoms with Crippen LogP contribution in [0.4, 0.5) is 0 Å². The van der Waals surface area contributed by atoms with E-state index in [2.05, 4.69) is 27.7 Å². The summed E-state index contributed by atoms with van der Waals surface area (Å²) in [4.78, 5) is 0. The van der Waals surface area contributed by atoms with Crippen molar-refractivity contribution < 1.29 is 1.41 Å². The Labute approximate surface area is 137 Å². The first-order chi connectivity index (χ1) is 9.28. The monoisotopic (exact) mass is 485 g/mol. The van der Waals surface area contributed by atoms with Gasteiger partial charge in [-0.1, -0.05) is 0 Å². The Balaban J connectivity index is 4.16. The van der Waals surface area contributed by atoms with Crippen molar-refractivity contribution in [2.24, 2.45) is 0 Å². The third kappa shape index (κ3) is 13.0. The molecule has 0 bridgehead atoms. The molecule has 19 heavy (non-hydrogen) atoms. The second-order valence-electron chi connectivity index (χ2n) is 5.77. The van der Waals surface area contributed by atoms with Crippen molar-refractivity contribution >= 4 is 40.3 Å². The number of unbranched alkanes of at least 4 members (excludes halogenated alkanes) is 4. The van der Waals surface area contributed by atoms with E-state index >= 15 is 0 Å². The molecule has 0 aromatic carbocycles. The van der Waals surface area contributed by atoms with Crippen molar-refractivity contribution in [1.82, 2.24) is 0 Å². The normalized spacial score (nSPS) is 11.7. The van der Waals surface area contributed by atoms with Crippen LogP contribution in [0.3, 0.4) is 0 Å². The summed E-state index contributed by atoms with van der Waals surface area (Å²) in [5.41, 5.74) is 0. The van der Waals surface area contributed by atoms with Crippen LogP contribution < -0.4 is 0 Å². The van der Waals surface area contributed by atoms with Gasteiger partial charge in [0.15, 0.2) is 0 Å². The zero-order valence-electron chi connectivity index (χ0n) is 14.0. The average molecular weight is 483 g/mol. The van der Waals surface area contributed by atoms with Gasteiger partial charge in [-0.2, -0.15) is 0 Å². The SMILES string of the molecule is CCC[CH2][Sn]([CH2]CCC)[O][SnH]([CH2]CCC)[CH2]CCC. The van der Waals surface area contributed by atoms with Crippen molar-refractivity contribution in [2.45, 2.75) is 96.8 Å². The summed E-state index contributed by atoms with van der Waals surface area (Å²) in [6.45, 7) is 9.32. The van der Waals surface area contributed by atoms with E-state index in [1.165, 1.54) is 69.1 Å². The summed E-state index contributed by atoms with van der Waals surface area (Å²) in [5.74, 6) is 0. The molecular weight excluding hydrogens is 446 g/mol. The average Bonchev–Trinajstić information content (AvgIpc) is 2.44. The van der Waals surface area contributed by atoms with E-state index in [-0.39, 0.29) is 0 Å². The Morgan fingerprint density at radius 1 is 0.684 bits per heavy atom. The molecule has 0 rings (SSSR count). The second kappa shape index (κ2) is 15.9. The van der Waals surface area contributed by atoms with Gasteiger partial charge < -0.3 is 0 Å². The molecule has 0 aliphatic rings. The van der Waals surface area contributed by atoms with E-state index in [1.807, 2.05) is 0 Å². The van der Waals surface area contributed by atoms with Crippen LogP contribution in [0.2, 0.25) is 17.7 Å². The van der Waals surface area contributed by atoms with Gasteiger partial charge in [0, 0.05) is 0 Å². The molecule has 0 saturated heterocycles. The van der Waals surface area contributed by atoms with E-state index < -0.39 is 40.3 Å². The summed E-state index contributed by atoms with van der Waals surface area (Å²) in [5, 5.41) is 0. The van der Waals surface area contributed by atoms with Gasteiger partial charge in [-0.15, -0.1) is 0 Å². The van der Waals surface area contributed by atoms with Crippen LogP contribution in [0.15, 0.2) is 0 Å². The van der Waals surface area contributed by atoms with E-state index in [0.29, 0.717) is 0 Å². The number of hydrogen-bond acceptors (Lipinski definition) is 1. The first-order valence-corrected chi connectivity index (χ1v) is 20.0. The quantitative estimate of drug-likeness (QED) is 0.279. The molecule has 0 atom stereocenters. The molecule has 0 fully saturated rings. The van der Waals surface area contributed by atoms with Crippen LogP contribution in [0.1, 0.15) is 79.1 Å². The van der Waals surface area contributed by atoms with E-state index in [0.717, 1.165) is 0 Å². The molecule has 0 N–H and O–H groups in total. The van der Waals surface area contributed by atoms with E-state index in [9.17, 15) is 0 Å². The van der Waals surface area contributed by atoms with Crippen molar-refractivity contribution in [3.63, 3.8) is 0 Å². The molecule has 0 aliphatic heterocycles. The standard InChI is InChI=1S/4C4H9.O.2Sn.H/c4*1-3-4-2;;;;/h4*1,3-4H2,2H3;;;;. The van der Waals surface area contributed by atoms with Crippen LogP contribution in [-0.4, -0.2) is 40.3 Å². The number of rotatable bonds is 14. The second-order valence-corrected chi connectivity index (χ2v) is 23.7. The fourth-order valence-corrected chi connectivity index (χ4v) is 33.8. The molecule has 0 saturated carbocycles. The molecular formula is C16H37OSn2.